The third-order valence-electron chi connectivity index (χ3n) is 1.84. The molecule has 0 heterocycles. The molecule has 0 saturated heterocycles. The lowest BCUT2D eigenvalue weighted by Crippen LogP contribution is -2.12. The van der Waals surface area contributed by atoms with Crippen molar-refractivity contribution in [1.29, 1.82) is 0 Å². The van der Waals surface area contributed by atoms with Crippen LogP contribution in [0.15, 0.2) is 18.2 Å². The predicted octanol–water partition coefficient (Wildman–Crippen LogP) is 5.32. The van der Waals surface area contributed by atoms with Gasteiger partial charge in [0.05, 0.1) is 5.38 Å². The number of rotatable bonds is 3. The normalized spacial score (nSPS) is 14.0. The molecule has 1 atom stereocenters. The van der Waals surface area contributed by atoms with Crippen LogP contribution < -0.4 is 0 Å². The summed E-state index contributed by atoms with van der Waals surface area (Å²) in [4.78, 5) is 0. The van der Waals surface area contributed by atoms with E-state index in [9.17, 15) is 8.78 Å². The Morgan fingerprint density at radius 3 is 2.40 bits per heavy atom. The number of hydrogen-bond donors (Lipinski definition) is 0. The molecule has 5 heteroatoms. The van der Waals surface area contributed by atoms with Crippen molar-refractivity contribution in [3.63, 3.8) is 0 Å². The van der Waals surface area contributed by atoms with E-state index in [0.29, 0.717) is 15.6 Å². The lowest BCUT2D eigenvalue weighted by Gasteiger charge is -2.16. The molecule has 0 spiro atoms. The van der Waals surface area contributed by atoms with Gasteiger partial charge in [-0.1, -0.05) is 29.3 Å². The highest BCUT2D eigenvalue weighted by Gasteiger charge is 2.27. The maximum atomic E-state index is 12.7. The molecule has 0 amide bonds. The minimum atomic E-state index is -2.81. The summed E-state index contributed by atoms with van der Waals surface area (Å²) >= 11 is 17.4. The van der Waals surface area contributed by atoms with Crippen molar-refractivity contribution in [3.05, 3.63) is 33.8 Å². The third kappa shape index (κ3) is 4.13. The second-order valence-corrected chi connectivity index (χ2v) is 4.78. The molecule has 15 heavy (non-hydrogen) atoms. The molecule has 1 rings (SSSR count). The average molecular weight is 274 g/mol. The summed E-state index contributed by atoms with van der Waals surface area (Å²) in [6, 6.07) is 4.63. The summed E-state index contributed by atoms with van der Waals surface area (Å²) in [5.41, 5.74) is 0.476. The Bertz CT molecular complexity index is 347. The van der Waals surface area contributed by atoms with Gasteiger partial charge in [-0.3, -0.25) is 0 Å². The van der Waals surface area contributed by atoms with E-state index in [1.807, 2.05) is 0 Å². The summed E-state index contributed by atoms with van der Waals surface area (Å²) in [5.74, 6) is -2.81. The van der Waals surface area contributed by atoms with Crippen LogP contribution in [0.3, 0.4) is 0 Å². The quantitative estimate of drug-likeness (QED) is 0.654. The van der Waals surface area contributed by atoms with E-state index in [1.54, 1.807) is 12.1 Å². The van der Waals surface area contributed by atoms with Gasteiger partial charge < -0.3 is 0 Å². The molecule has 0 aliphatic carbocycles. The zero-order valence-electron chi connectivity index (χ0n) is 7.91. The minimum Gasteiger partial charge on any atom is -0.207 e. The maximum Gasteiger partial charge on any atom is 0.247 e. The fraction of sp³-hybridized carbons (Fsp3) is 0.400. The Morgan fingerprint density at radius 1 is 1.33 bits per heavy atom. The summed E-state index contributed by atoms with van der Waals surface area (Å²) in [6.07, 6.45) is -0.449. The molecule has 1 aromatic rings. The first-order valence-electron chi connectivity index (χ1n) is 4.26. The first kappa shape index (κ1) is 13.0. The Morgan fingerprint density at radius 2 is 1.93 bits per heavy atom. The molecule has 0 nitrogen and oxygen atoms in total. The van der Waals surface area contributed by atoms with Crippen LogP contribution in [0.25, 0.3) is 0 Å². The molecule has 0 radical (unpaired) electrons. The zero-order chi connectivity index (χ0) is 11.6. The van der Waals surface area contributed by atoms with Crippen LogP contribution in [0.1, 0.15) is 24.3 Å². The van der Waals surface area contributed by atoms with E-state index >= 15 is 0 Å². The minimum absolute atomic E-state index is 0.312. The number of hydrogen-bond acceptors (Lipinski definition) is 0. The van der Waals surface area contributed by atoms with Crippen LogP contribution in [0.5, 0.6) is 0 Å². The van der Waals surface area contributed by atoms with E-state index in [0.717, 1.165) is 6.92 Å². The molecule has 1 unspecified atom stereocenters. The summed E-state index contributed by atoms with van der Waals surface area (Å²) in [7, 11) is 0. The summed E-state index contributed by atoms with van der Waals surface area (Å²) in [6.45, 7) is 0.826. The van der Waals surface area contributed by atoms with Crippen molar-refractivity contribution in [2.75, 3.05) is 0 Å². The molecular formula is C10H9Cl3F2. The monoisotopic (exact) mass is 272 g/mol. The highest BCUT2D eigenvalue weighted by Crippen LogP contribution is 2.36. The van der Waals surface area contributed by atoms with Gasteiger partial charge in [0.25, 0.3) is 0 Å². The van der Waals surface area contributed by atoms with Crippen LogP contribution in [-0.2, 0) is 0 Å². The van der Waals surface area contributed by atoms with Crippen molar-refractivity contribution in [3.8, 4) is 0 Å². The SMILES string of the molecule is CC(F)(F)CC(Cl)c1ccc(Cl)cc1Cl. The molecule has 1 aromatic carbocycles. The van der Waals surface area contributed by atoms with Crippen molar-refractivity contribution in [2.45, 2.75) is 24.6 Å². The first-order valence-corrected chi connectivity index (χ1v) is 5.46. The lowest BCUT2D eigenvalue weighted by molar-refractivity contribution is 0.0120. The molecule has 84 valence electrons. The standard InChI is InChI=1S/C10H9Cl3F2/c1-10(14,15)5-9(13)7-3-2-6(11)4-8(7)12/h2-4,9H,5H2,1H3. The fourth-order valence-corrected chi connectivity index (χ4v) is 2.24. The molecular weight excluding hydrogens is 264 g/mol. The van der Waals surface area contributed by atoms with Crippen LogP contribution in [-0.4, -0.2) is 5.92 Å². The van der Waals surface area contributed by atoms with E-state index in [-0.39, 0.29) is 0 Å². The summed E-state index contributed by atoms with van der Waals surface area (Å²) < 4.78 is 25.4. The van der Waals surface area contributed by atoms with Gasteiger partial charge in [-0.25, -0.2) is 8.78 Å². The molecule has 0 aliphatic rings. The topological polar surface area (TPSA) is 0 Å². The molecule has 0 fully saturated rings. The number of halogens is 5. The van der Waals surface area contributed by atoms with E-state index in [4.69, 9.17) is 34.8 Å². The highest BCUT2D eigenvalue weighted by molar-refractivity contribution is 6.35. The van der Waals surface area contributed by atoms with Crippen molar-refractivity contribution in [1.82, 2.24) is 0 Å². The smallest absolute Gasteiger partial charge is 0.207 e. The van der Waals surface area contributed by atoms with Gasteiger partial charge in [0.2, 0.25) is 5.92 Å². The molecule has 0 N–H and O–H groups in total. The van der Waals surface area contributed by atoms with Crippen LogP contribution >= 0.6 is 34.8 Å². The zero-order valence-corrected chi connectivity index (χ0v) is 10.2. The Kier molecular flexibility index (Phi) is 4.21. The van der Waals surface area contributed by atoms with Crippen molar-refractivity contribution in [2.24, 2.45) is 0 Å². The van der Waals surface area contributed by atoms with Gasteiger partial charge in [-0.05, 0) is 24.6 Å². The first-order chi connectivity index (χ1) is 6.79. The molecule has 0 bridgehead atoms. The fourth-order valence-electron chi connectivity index (χ4n) is 1.18. The van der Waals surface area contributed by atoms with Crippen LogP contribution in [0.2, 0.25) is 10.0 Å². The van der Waals surface area contributed by atoms with Gasteiger partial charge in [0.1, 0.15) is 0 Å². The van der Waals surface area contributed by atoms with Gasteiger partial charge in [-0.2, -0.15) is 0 Å². The van der Waals surface area contributed by atoms with Crippen molar-refractivity contribution >= 4 is 34.8 Å². The second-order valence-electron chi connectivity index (χ2n) is 3.41. The van der Waals surface area contributed by atoms with Gasteiger partial charge in [0.15, 0.2) is 0 Å². The van der Waals surface area contributed by atoms with Crippen molar-refractivity contribution < 1.29 is 8.78 Å². The van der Waals surface area contributed by atoms with Crippen LogP contribution in [0, 0.1) is 0 Å². The Balaban J connectivity index is 2.87. The van der Waals surface area contributed by atoms with E-state index < -0.39 is 17.7 Å². The molecule has 0 aromatic heterocycles. The number of alkyl halides is 3. The van der Waals surface area contributed by atoms with Crippen LogP contribution in [0.4, 0.5) is 8.78 Å². The largest absolute Gasteiger partial charge is 0.247 e. The molecule has 0 saturated carbocycles. The van der Waals surface area contributed by atoms with Gasteiger partial charge >= 0.3 is 0 Å². The lowest BCUT2D eigenvalue weighted by atomic mass is 10.1. The van der Waals surface area contributed by atoms with Gasteiger partial charge in [-0.15, -0.1) is 11.6 Å². The van der Waals surface area contributed by atoms with E-state index in [2.05, 4.69) is 0 Å². The summed E-state index contributed by atoms with van der Waals surface area (Å²) in [5, 5.41) is -0.0441. The maximum absolute atomic E-state index is 12.7. The average Bonchev–Trinajstić information content (AvgIpc) is 1.99. The Hall–Kier alpha value is -0.0500. The third-order valence-corrected chi connectivity index (χ3v) is 2.79. The highest BCUT2D eigenvalue weighted by atomic mass is 35.5. The Labute approximate surface area is 102 Å². The predicted molar refractivity (Wildman–Crippen MR) is 60.3 cm³/mol. The molecule has 0 aliphatic heterocycles. The second kappa shape index (κ2) is 4.86. The van der Waals surface area contributed by atoms with Gasteiger partial charge in [0, 0.05) is 16.5 Å². The van der Waals surface area contributed by atoms with E-state index in [1.165, 1.54) is 6.07 Å². The number of benzene rings is 1.